The van der Waals surface area contributed by atoms with Crippen molar-refractivity contribution in [2.75, 3.05) is 0 Å². The Bertz CT molecular complexity index is 769. The molecule has 0 aromatic heterocycles. The molecule has 3 nitrogen and oxygen atoms in total. The van der Waals surface area contributed by atoms with Gasteiger partial charge < -0.3 is 5.43 Å². The predicted molar refractivity (Wildman–Crippen MR) is 95.6 cm³/mol. The minimum Gasteiger partial charge on any atom is -0.302 e. The highest BCUT2D eigenvalue weighted by atomic mass is 16.2. The van der Waals surface area contributed by atoms with Gasteiger partial charge in [0.15, 0.2) is 0 Å². The van der Waals surface area contributed by atoms with Gasteiger partial charge in [-0.05, 0) is 54.7 Å². The highest BCUT2D eigenvalue weighted by Crippen LogP contribution is 2.32. The normalized spacial score (nSPS) is 18.2. The molecule has 3 heteroatoms. The average molecular weight is 308 g/mol. The lowest BCUT2D eigenvalue weighted by molar-refractivity contribution is -0.125. The third kappa shape index (κ3) is 2.83. The van der Waals surface area contributed by atoms with Crippen LogP contribution < -0.4 is 10.9 Å². The summed E-state index contributed by atoms with van der Waals surface area (Å²) in [6, 6.07) is 12.9. The van der Waals surface area contributed by atoms with Crippen molar-refractivity contribution in [1.82, 2.24) is 10.9 Å². The maximum absolute atomic E-state index is 12.0. The first kappa shape index (κ1) is 15.6. The van der Waals surface area contributed by atoms with Crippen LogP contribution in [-0.4, -0.2) is 5.91 Å². The zero-order chi connectivity index (χ0) is 16.4. The molecule has 0 atom stereocenters. The second kappa shape index (κ2) is 6.07. The SMILES string of the molecule is CCCCc1cccc2cccc(/C=C3\NNC(=O)C3(C)C)c12. The summed E-state index contributed by atoms with van der Waals surface area (Å²) in [5.74, 6) is 0.00944. The number of carbonyl (C=O) groups excluding carboxylic acids is 1. The number of amides is 1. The van der Waals surface area contributed by atoms with E-state index in [1.54, 1.807) is 0 Å². The summed E-state index contributed by atoms with van der Waals surface area (Å²) < 4.78 is 0. The quantitative estimate of drug-likeness (QED) is 0.889. The first-order valence-corrected chi connectivity index (χ1v) is 8.33. The van der Waals surface area contributed by atoms with Gasteiger partial charge in [-0.3, -0.25) is 10.2 Å². The number of benzene rings is 2. The molecule has 1 fully saturated rings. The molecule has 2 N–H and O–H groups in total. The molecule has 1 heterocycles. The Kier molecular flexibility index (Phi) is 4.12. The van der Waals surface area contributed by atoms with Gasteiger partial charge in [-0.1, -0.05) is 49.7 Å². The molecular formula is C20H24N2O. The Balaban J connectivity index is 2.13. The molecule has 3 rings (SSSR count). The second-order valence-corrected chi connectivity index (χ2v) is 6.73. The molecule has 0 aliphatic carbocycles. The molecule has 0 saturated carbocycles. The Morgan fingerprint density at radius 3 is 2.48 bits per heavy atom. The van der Waals surface area contributed by atoms with E-state index >= 15 is 0 Å². The van der Waals surface area contributed by atoms with Crippen LogP contribution in [0.5, 0.6) is 0 Å². The summed E-state index contributed by atoms with van der Waals surface area (Å²) in [4.78, 5) is 12.0. The van der Waals surface area contributed by atoms with E-state index < -0.39 is 5.41 Å². The number of fused-ring (bicyclic) bond motifs is 1. The van der Waals surface area contributed by atoms with Gasteiger partial charge >= 0.3 is 0 Å². The maximum atomic E-state index is 12.0. The van der Waals surface area contributed by atoms with Crippen LogP contribution in [0.1, 0.15) is 44.7 Å². The number of hydrogen-bond acceptors (Lipinski definition) is 2. The number of hydrogen-bond donors (Lipinski definition) is 2. The van der Waals surface area contributed by atoms with Gasteiger partial charge in [-0.2, -0.15) is 0 Å². The summed E-state index contributed by atoms with van der Waals surface area (Å²) >= 11 is 0. The standard InChI is InChI=1S/C20H24N2O/c1-4-5-8-14-9-6-10-15-11-7-12-16(18(14)15)13-17-20(2,3)19(23)22-21-17/h6-7,9-13,21H,4-5,8H2,1-3H3,(H,22,23)/b17-13-. The summed E-state index contributed by atoms with van der Waals surface area (Å²) in [6.45, 7) is 6.10. The number of rotatable bonds is 4. The third-order valence-corrected chi connectivity index (χ3v) is 4.67. The van der Waals surface area contributed by atoms with Crippen molar-refractivity contribution >= 4 is 22.8 Å². The summed E-state index contributed by atoms with van der Waals surface area (Å²) in [7, 11) is 0. The van der Waals surface area contributed by atoms with E-state index in [0.717, 1.165) is 12.1 Å². The largest absolute Gasteiger partial charge is 0.302 e. The molecule has 0 radical (unpaired) electrons. The molecule has 0 spiro atoms. The number of aryl methyl sites for hydroxylation is 1. The third-order valence-electron chi connectivity index (χ3n) is 4.67. The van der Waals surface area contributed by atoms with Crippen molar-refractivity contribution < 1.29 is 4.79 Å². The number of hydrazine groups is 1. The topological polar surface area (TPSA) is 41.1 Å². The molecule has 1 amide bonds. The summed E-state index contributed by atoms with van der Waals surface area (Å²) in [5.41, 5.74) is 8.69. The molecule has 2 aromatic rings. The lowest BCUT2D eigenvalue weighted by Crippen LogP contribution is -2.28. The summed E-state index contributed by atoms with van der Waals surface area (Å²) in [5, 5.41) is 2.55. The van der Waals surface area contributed by atoms with Crippen molar-refractivity contribution in [3.05, 3.63) is 53.2 Å². The summed E-state index contributed by atoms with van der Waals surface area (Å²) in [6.07, 6.45) is 5.57. The van der Waals surface area contributed by atoms with E-state index in [9.17, 15) is 4.79 Å². The van der Waals surface area contributed by atoms with Crippen molar-refractivity contribution in [2.24, 2.45) is 5.41 Å². The molecule has 1 saturated heterocycles. The van der Waals surface area contributed by atoms with Gasteiger partial charge in [-0.25, -0.2) is 0 Å². The lowest BCUT2D eigenvalue weighted by atomic mass is 9.87. The van der Waals surface area contributed by atoms with Gasteiger partial charge in [0.25, 0.3) is 0 Å². The van der Waals surface area contributed by atoms with Crippen LogP contribution in [0.25, 0.3) is 16.8 Å². The van der Waals surface area contributed by atoms with Crippen LogP contribution in [0, 0.1) is 5.41 Å². The maximum Gasteiger partial charge on any atom is 0.249 e. The Morgan fingerprint density at radius 2 is 1.83 bits per heavy atom. The van der Waals surface area contributed by atoms with Crippen LogP contribution in [0.15, 0.2) is 42.1 Å². The Morgan fingerprint density at radius 1 is 1.09 bits per heavy atom. The van der Waals surface area contributed by atoms with E-state index in [1.807, 2.05) is 13.8 Å². The van der Waals surface area contributed by atoms with Gasteiger partial charge in [0.2, 0.25) is 5.91 Å². The number of unbranched alkanes of at least 4 members (excludes halogenated alkanes) is 1. The van der Waals surface area contributed by atoms with E-state index in [1.165, 1.54) is 34.7 Å². The Hall–Kier alpha value is -2.29. The van der Waals surface area contributed by atoms with E-state index in [-0.39, 0.29) is 5.91 Å². The molecular weight excluding hydrogens is 284 g/mol. The lowest BCUT2D eigenvalue weighted by Gasteiger charge is -2.15. The first-order chi connectivity index (χ1) is 11.0. The van der Waals surface area contributed by atoms with Crippen molar-refractivity contribution in [3.63, 3.8) is 0 Å². The predicted octanol–water partition coefficient (Wildman–Crippen LogP) is 4.18. The van der Waals surface area contributed by atoms with Gasteiger partial charge in [0.1, 0.15) is 0 Å². The van der Waals surface area contributed by atoms with E-state index in [2.05, 4.69) is 60.2 Å². The zero-order valence-electron chi connectivity index (χ0n) is 14.1. The molecule has 0 bridgehead atoms. The highest BCUT2D eigenvalue weighted by molar-refractivity contribution is 5.95. The molecule has 0 unspecified atom stereocenters. The second-order valence-electron chi connectivity index (χ2n) is 6.73. The fourth-order valence-corrected chi connectivity index (χ4v) is 3.08. The average Bonchev–Trinajstić information content (AvgIpc) is 2.79. The van der Waals surface area contributed by atoms with Crippen LogP contribution in [0.4, 0.5) is 0 Å². The molecule has 120 valence electrons. The first-order valence-electron chi connectivity index (χ1n) is 8.33. The van der Waals surface area contributed by atoms with Crippen molar-refractivity contribution in [3.8, 4) is 0 Å². The van der Waals surface area contributed by atoms with Crippen LogP contribution in [0.2, 0.25) is 0 Å². The van der Waals surface area contributed by atoms with Crippen LogP contribution in [0.3, 0.4) is 0 Å². The highest BCUT2D eigenvalue weighted by Gasteiger charge is 2.37. The molecule has 1 aliphatic heterocycles. The molecule has 23 heavy (non-hydrogen) atoms. The smallest absolute Gasteiger partial charge is 0.249 e. The molecule has 2 aromatic carbocycles. The van der Waals surface area contributed by atoms with Crippen molar-refractivity contribution in [1.29, 1.82) is 0 Å². The Labute approximate surface area is 137 Å². The monoisotopic (exact) mass is 308 g/mol. The minimum atomic E-state index is -0.527. The number of nitrogens with one attached hydrogen (secondary N) is 2. The van der Waals surface area contributed by atoms with E-state index in [4.69, 9.17) is 0 Å². The van der Waals surface area contributed by atoms with Crippen LogP contribution in [-0.2, 0) is 11.2 Å². The minimum absolute atomic E-state index is 0.00944. The zero-order valence-corrected chi connectivity index (χ0v) is 14.1. The van der Waals surface area contributed by atoms with Crippen LogP contribution >= 0.6 is 0 Å². The van der Waals surface area contributed by atoms with Gasteiger partial charge in [0, 0.05) is 5.70 Å². The van der Waals surface area contributed by atoms with Crippen molar-refractivity contribution in [2.45, 2.75) is 40.0 Å². The van der Waals surface area contributed by atoms with E-state index in [0.29, 0.717) is 0 Å². The fraction of sp³-hybridized carbons (Fsp3) is 0.350. The number of carbonyl (C=O) groups is 1. The van der Waals surface area contributed by atoms with Gasteiger partial charge in [-0.15, -0.1) is 0 Å². The van der Waals surface area contributed by atoms with Gasteiger partial charge in [0.05, 0.1) is 5.41 Å². The molecule has 1 aliphatic rings. The fourth-order valence-electron chi connectivity index (χ4n) is 3.08.